The SMILES string of the molecule is O=C(O)Cc1cc(F)cc(-c2ccc(Cl)c(Cl)c2)c1. The fourth-order valence-corrected chi connectivity index (χ4v) is 2.07. The van der Waals surface area contributed by atoms with E-state index in [4.69, 9.17) is 28.3 Å². The normalized spacial score (nSPS) is 10.5. The van der Waals surface area contributed by atoms with Crippen LogP contribution in [0.4, 0.5) is 4.39 Å². The maximum atomic E-state index is 13.5. The Hall–Kier alpha value is -1.58. The van der Waals surface area contributed by atoms with Crippen molar-refractivity contribution in [2.75, 3.05) is 0 Å². The average Bonchev–Trinajstić information content (AvgIpc) is 2.31. The van der Waals surface area contributed by atoms with E-state index in [9.17, 15) is 9.18 Å². The molecule has 1 N–H and O–H groups in total. The monoisotopic (exact) mass is 298 g/mol. The van der Waals surface area contributed by atoms with E-state index in [2.05, 4.69) is 0 Å². The number of benzene rings is 2. The Morgan fingerprint density at radius 1 is 1.05 bits per heavy atom. The van der Waals surface area contributed by atoms with Gasteiger partial charge in [-0.15, -0.1) is 0 Å². The molecule has 2 rings (SSSR count). The number of halogens is 3. The van der Waals surface area contributed by atoms with Gasteiger partial charge in [0.05, 0.1) is 16.5 Å². The molecule has 98 valence electrons. The Morgan fingerprint density at radius 2 is 1.79 bits per heavy atom. The molecule has 0 saturated heterocycles. The summed E-state index contributed by atoms with van der Waals surface area (Å²) in [6.45, 7) is 0. The number of hydrogen-bond donors (Lipinski definition) is 1. The number of carbonyl (C=O) groups is 1. The highest BCUT2D eigenvalue weighted by Gasteiger charge is 2.08. The quantitative estimate of drug-likeness (QED) is 0.910. The maximum Gasteiger partial charge on any atom is 0.307 e. The number of carboxylic acid groups (broad SMARTS) is 1. The summed E-state index contributed by atoms with van der Waals surface area (Å²) in [5, 5.41) is 9.51. The molecule has 19 heavy (non-hydrogen) atoms. The van der Waals surface area contributed by atoms with Crippen molar-refractivity contribution >= 4 is 29.2 Å². The fourth-order valence-electron chi connectivity index (χ4n) is 1.77. The Kier molecular flexibility index (Phi) is 4.08. The standard InChI is InChI=1S/C14H9Cl2FO2/c15-12-2-1-9(7-13(12)16)10-3-8(5-14(18)19)4-11(17)6-10/h1-4,6-7H,5H2,(H,18,19). The summed E-state index contributed by atoms with van der Waals surface area (Å²) in [6, 6.07) is 9.08. The van der Waals surface area contributed by atoms with Crippen molar-refractivity contribution < 1.29 is 14.3 Å². The molecular formula is C14H9Cl2FO2. The zero-order chi connectivity index (χ0) is 14.0. The lowest BCUT2D eigenvalue weighted by molar-refractivity contribution is -0.136. The molecule has 0 radical (unpaired) electrons. The minimum atomic E-state index is -1.01. The molecule has 0 atom stereocenters. The third-order valence-corrected chi connectivity index (χ3v) is 3.30. The van der Waals surface area contributed by atoms with Crippen LogP contribution in [0.25, 0.3) is 11.1 Å². The number of aliphatic carboxylic acids is 1. The van der Waals surface area contributed by atoms with Gasteiger partial charge in [-0.1, -0.05) is 35.3 Å². The van der Waals surface area contributed by atoms with Crippen molar-refractivity contribution in [3.05, 3.63) is 57.8 Å². The summed E-state index contributed by atoms with van der Waals surface area (Å²) in [5.74, 6) is -1.49. The summed E-state index contributed by atoms with van der Waals surface area (Å²) in [5.41, 5.74) is 1.64. The van der Waals surface area contributed by atoms with E-state index in [0.29, 0.717) is 26.7 Å². The minimum absolute atomic E-state index is 0.230. The van der Waals surface area contributed by atoms with Crippen molar-refractivity contribution in [3.8, 4) is 11.1 Å². The van der Waals surface area contributed by atoms with Gasteiger partial charge in [0.25, 0.3) is 0 Å². The van der Waals surface area contributed by atoms with Crippen molar-refractivity contribution in [1.82, 2.24) is 0 Å². The van der Waals surface area contributed by atoms with E-state index in [-0.39, 0.29) is 6.42 Å². The van der Waals surface area contributed by atoms with E-state index in [1.165, 1.54) is 12.1 Å². The number of carboxylic acids is 1. The summed E-state index contributed by atoms with van der Waals surface area (Å²) in [4.78, 5) is 10.7. The molecule has 0 aromatic heterocycles. The lowest BCUT2D eigenvalue weighted by Crippen LogP contribution is -2.00. The lowest BCUT2D eigenvalue weighted by atomic mass is 10.0. The molecule has 0 aliphatic rings. The molecular weight excluding hydrogens is 290 g/mol. The summed E-state index contributed by atoms with van der Waals surface area (Å²) >= 11 is 11.7. The van der Waals surface area contributed by atoms with E-state index < -0.39 is 11.8 Å². The zero-order valence-corrected chi connectivity index (χ0v) is 11.2. The highest BCUT2D eigenvalue weighted by Crippen LogP contribution is 2.29. The lowest BCUT2D eigenvalue weighted by Gasteiger charge is -2.06. The molecule has 0 aliphatic carbocycles. The topological polar surface area (TPSA) is 37.3 Å². The van der Waals surface area contributed by atoms with Gasteiger partial charge in [0.2, 0.25) is 0 Å². The highest BCUT2D eigenvalue weighted by molar-refractivity contribution is 6.42. The van der Waals surface area contributed by atoms with Crippen LogP contribution in [0, 0.1) is 5.82 Å². The third kappa shape index (κ3) is 3.46. The molecule has 0 spiro atoms. The van der Waals surface area contributed by atoms with E-state index in [1.807, 2.05) is 0 Å². The van der Waals surface area contributed by atoms with Crippen molar-refractivity contribution in [2.24, 2.45) is 0 Å². The largest absolute Gasteiger partial charge is 0.481 e. The van der Waals surface area contributed by atoms with Crippen LogP contribution in [0.2, 0.25) is 10.0 Å². The third-order valence-electron chi connectivity index (χ3n) is 2.57. The van der Waals surface area contributed by atoms with Crippen molar-refractivity contribution in [3.63, 3.8) is 0 Å². The predicted molar refractivity (Wildman–Crippen MR) is 73.2 cm³/mol. The van der Waals surface area contributed by atoms with Gasteiger partial charge >= 0.3 is 5.97 Å². The molecule has 0 amide bonds. The first-order chi connectivity index (χ1) is 8.95. The van der Waals surface area contributed by atoms with Gasteiger partial charge in [-0.3, -0.25) is 4.79 Å². The second-order valence-electron chi connectivity index (χ2n) is 4.05. The zero-order valence-electron chi connectivity index (χ0n) is 9.66. The molecule has 0 unspecified atom stereocenters. The first kappa shape index (κ1) is 13.8. The van der Waals surface area contributed by atoms with E-state index >= 15 is 0 Å². The second-order valence-corrected chi connectivity index (χ2v) is 4.86. The van der Waals surface area contributed by atoms with Gasteiger partial charge in [0.1, 0.15) is 5.82 Å². The van der Waals surface area contributed by atoms with Crippen LogP contribution in [-0.2, 0) is 11.2 Å². The van der Waals surface area contributed by atoms with E-state index in [1.54, 1.807) is 24.3 Å². The Morgan fingerprint density at radius 3 is 2.42 bits per heavy atom. The van der Waals surface area contributed by atoms with Gasteiger partial charge in [-0.25, -0.2) is 4.39 Å². The van der Waals surface area contributed by atoms with Gasteiger partial charge in [-0.2, -0.15) is 0 Å². The van der Waals surface area contributed by atoms with E-state index in [0.717, 1.165) is 0 Å². The predicted octanol–water partition coefficient (Wildman–Crippen LogP) is 4.43. The molecule has 0 heterocycles. The van der Waals surface area contributed by atoms with Crippen LogP contribution in [0.3, 0.4) is 0 Å². The van der Waals surface area contributed by atoms with Gasteiger partial charge in [0.15, 0.2) is 0 Å². The van der Waals surface area contributed by atoms with Crippen LogP contribution >= 0.6 is 23.2 Å². The second kappa shape index (κ2) is 5.59. The van der Waals surface area contributed by atoms with Crippen LogP contribution in [0.1, 0.15) is 5.56 Å². The molecule has 2 aromatic rings. The smallest absolute Gasteiger partial charge is 0.307 e. The Labute approximate surface area is 119 Å². The highest BCUT2D eigenvalue weighted by atomic mass is 35.5. The summed E-state index contributed by atoms with van der Waals surface area (Å²) in [6.07, 6.45) is -0.230. The molecule has 0 saturated carbocycles. The Bertz CT molecular complexity index is 641. The molecule has 0 fully saturated rings. The average molecular weight is 299 g/mol. The van der Waals surface area contributed by atoms with Crippen molar-refractivity contribution in [2.45, 2.75) is 6.42 Å². The summed E-state index contributed by atoms with van der Waals surface area (Å²) < 4.78 is 13.5. The van der Waals surface area contributed by atoms with Gasteiger partial charge in [0, 0.05) is 0 Å². The van der Waals surface area contributed by atoms with Gasteiger partial charge in [-0.05, 0) is 41.0 Å². The van der Waals surface area contributed by atoms with Crippen molar-refractivity contribution in [1.29, 1.82) is 0 Å². The first-order valence-corrected chi connectivity index (χ1v) is 6.18. The van der Waals surface area contributed by atoms with Crippen LogP contribution in [-0.4, -0.2) is 11.1 Å². The van der Waals surface area contributed by atoms with Crippen LogP contribution in [0.15, 0.2) is 36.4 Å². The number of rotatable bonds is 3. The molecule has 5 heteroatoms. The van der Waals surface area contributed by atoms with Crippen LogP contribution in [0.5, 0.6) is 0 Å². The molecule has 2 nitrogen and oxygen atoms in total. The fraction of sp³-hybridized carbons (Fsp3) is 0.0714. The maximum absolute atomic E-state index is 13.5. The Balaban J connectivity index is 2.46. The van der Waals surface area contributed by atoms with Crippen LogP contribution < -0.4 is 0 Å². The molecule has 0 bridgehead atoms. The first-order valence-electron chi connectivity index (χ1n) is 5.42. The summed E-state index contributed by atoms with van der Waals surface area (Å²) in [7, 11) is 0. The van der Waals surface area contributed by atoms with Gasteiger partial charge < -0.3 is 5.11 Å². The minimum Gasteiger partial charge on any atom is -0.481 e. The molecule has 0 aliphatic heterocycles. The molecule has 2 aromatic carbocycles. The number of hydrogen-bond acceptors (Lipinski definition) is 1.